The van der Waals surface area contributed by atoms with E-state index in [2.05, 4.69) is 19.9 Å². The van der Waals surface area contributed by atoms with Gasteiger partial charge in [0, 0.05) is 16.1 Å². The Morgan fingerprint density at radius 3 is 2.17 bits per heavy atom. The second-order valence-electron chi connectivity index (χ2n) is 2.39. The quantitative estimate of drug-likeness (QED) is 0.810. The summed E-state index contributed by atoms with van der Waals surface area (Å²) in [5.41, 5.74) is 1.03. The molecule has 0 aliphatic carbocycles. The van der Waals surface area contributed by atoms with Crippen LogP contribution in [-0.4, -0.2) is 8.42 Å². The maximum Gasteiger partial charge on any atom is 0.250 e. The number of benzene rings is 1. The van der Waals surface area contributed by atoms with E-state index in [1.54, 1.807) is 24.3 Å². The summed E-state index contributed by atoms with van der Waals surface area (Å²) in [5.74, 6) is 0. The molecular weight excluding hydrogens is 242 g/mol. The molecule has 0 aromatic heterocycles. The second kappa shape index (κ2) is 3.55. The molecule has 0 unspecified atom stereocenters. The lowest BCUT2D eigenvalue weighted by molar-refractivity contribution is 0.595. The van der Waals surface area contributed by atoms with Gasteiger partial charge in [-0.1, -0.05) is 17.7 Å². The van der Waals surface area contributed by atoms with Crippen LogP contribution in [0.5, 0.6) is 0 Å². The van der Waals surface area contributed by atoms with Gasteiger partial charge in [0.2, 0.25) is 10.0 Å². The van der Waals surface area contributed by atoms with Crippen LogP contribution in [0.1, 0.15) is 5.56 Å². The fourth-order valence-corrected chi connectivity index (χ4v) is 1.91. The smallest absolute Gasteiger partial charge is 0.206 e. The minimum atomic E-state index is -3.35. The molecule has 0 heterocycles. The predicted molar refractivity (Wildman–Crippen MR) is 50.4 cm³/mol. The lowest BCUT2D eigenvalue weighted by atomic mass is 10.2. The Kier molecular flexibility index (Phi) is 2.87. The molecule has 1 aromatic carbocycles. The van der Waals surface area contributed by atoms with Crippen molar-refractivity contribution in [3.8, 4) is 0 Å². The fourth-order valence-electron chi connectivity index (χ4n) is 0.762. The van der Waals surface area contributed by atoms with Gasteiger partial charge in [-0.2, -0.15) is 0 Å². The van der Waals surface area contributed by atoms with Gasteiger partial charge in [0.25, 0.3) is 0 Å². The number of aryl methyl sites for hydroxylation is 1. The average Bonchev–Trinajstić information content (AvgIpc) is 2.05. The zero-order chi connectivity index (χ0) is 9.19. The third kappa shape index (κ3) is 2.06. The van der Waals surface area contributed by atoms with Gasteiger partial charge in [-0.05, 0) is 19.1 Å². The van der Waals surface area contributed by atoms with Crippen LogP contribution >= 0.6 is 16.1 Å². The molecule has 0 saturated heterocycles. The number of hydrogen-bond acceptors (Lipinski definition) is 2. The van der Waals surface area contributed by atoms with Gasteiger partial charge >= 0.3 is 0 Å². The van der Waals surface area contributed by atoms with Crippen LogP contribution in [-0.2, 0) is 10.0 Å². The van der Waals surface area contributed by atoms with E-state index in [0.717, 1.165) is 5.56 Å². The third-order valence-electron chi connectivity index (χ3n) is 1.43. The van der Waals surface area contributed by atoms with Crippen molar-refractivity contribution in [1.82, 2.24) is 3.75 Å². The Morgan fingerprint density at radius 2 is 1.75 bits per heavy atom. The Balaban J connectivity index is 3.14. The second-order valence-corrected chi connectivity index (χ2v) is 5.00. The van der Waals surface area contributed by atoms with Crippen molar-refractivity contribution in [3.63, 3.8) is 0 Å². The average molecular weight is 250 g/mol. The summed E-state index contributed by atoms with van der Waals surface area (Å²) in [6.07, 6.45) is 0. The first kappa shape index (κ1) is 9.70. The first-order valence-corrected chi connectivity index (χ1v) is 5.53. The first-order chi connectivity index (χ1) is 5.56. The Bertz CT molecular complexity index is 357. The molecule has 0 spiro atoms. The normalized spacial score (nSPS) is 11.5. The van der Waals surface area contributed by atoms with Crippen molar-refractivity contribution in [2.24, 2.45) is 0 Å². The van der Waals surface area contributed by atoms with Crippen LogP contribution in [0, 0.1) is 6.92 Å². The number of nitrogens with one attached hydrogen (secondary N) is 1. The van der Waals surface area contributed by atoms with Crippen LogP contribution in [0.2, 0.25) is 0 Å². The summed E-state index contributed by atoms with van der Waals surface area (Å²) in [4.78, 5) is 0.255. The van der Waals surface area contributed by atoms with Gasteiger partial charge in [0.15, 0.2) is 0 Å². The van der Waals surface area contributed by atoms with Crippen LogP contribution in [0.3, 0.4) is 0 Å². The van der Waals surface area contributed by atoms with Crippen molar-refractivity contribution < 1.29 is 8.42 Å². The summed E-state index contributed by atoms with van der Waals surface area (Å²) < 4.78 is 24.4. The van der Waals surface area contributed by atoms with Gasteiger partial charge in [0.05, 0.1) is 4.90 Å². The fraction of sp³-hybridized carbons (Fsp3) is 0.143. The molecule has 1 rings (SSSR count). The van der Waals surface area contributed by atoms with Crippen molar-refractivity contribution in [1.29, 1.82) is 0 Å². The molecule has 1 N–H and O–H groups in total. The highest BCUT2D eigenvalue weighted by molar-refractivity contribution is 9.09. The molecule has 0 saturated carbocycles. The van der Waals surface area contributed by atoms with Crippen molar-refractivity contribution in [3.05, 3.63) is 29.8 Å². The Hall–Kier alpha value is -0.390. The van der Waals surface area contributed by atoms with Gasteiger partial charge in [-0.3, -0.25) is 0 Å². The molecule has 0 aliphatic heterocycles. The summed E-state index contributed by atoms with van der Waals surface area (Å²) in [5, 5.41) is 0. The predicted octanol–water partition coefficient (Wildman–Crippen LogP) is 1.58. The lowest BCUT2D eigenvalue weighted by Crippen LogP contribution is -2.12. The highest BCUT2D eigenvalue weighted by atomic mass is 79.9. The molecule has 12 heavy (non-hydrogen) atoms. The van der Waals surface area contributed by atoms with Gasteiger partial charge in [-0.25, -0.2) is 8.42 Å². The van der Waals surface area contributed by atoms with Crippen LogP contribution in [0.25, 0.3) is 0 Å². The standard InChI is InChI=1S/C7H8BrNO2S/c1-6-2-4-7(5-3-6)12(10,11)9-8/h2-5,9H,1H3. The van der Waals surface area contributed by atoms with E-state index < -0.39 is 10.0 Å². The van der Waals surface area contributed by atoms with E-state index in [-0.39, 0.29) is 4.90 Å². The third-order valence-corrected chi connectivity index (χ3v) is 3.81. The van der Waals surface area contributed by atoms with Crippen molar-refractivity contribution in [2.75, 3.05) is 0 Å². The molecule has 0 fully saturated rings. The number of hydrogen-bond donors (Lipinski definition) is 1. The van der Waals surface area contributed by atoms with E-state index in [9.17, 15) is 8.42 Å². The maximum absolute atomic E-state index is 11.2. The molecule has 0 aliphatic rings. The van der Waals surface area contributed by atoms with Crippen molar-refractivity contribution >= 4 is 26.2 Å². The summed E-state index contributed by atoms with van der Waals surface area (Å²) in [6.45, 7) is 1.90. The molecule has 0 amide bonds. The maximum atomic E-state index is 11.2. The molecule has 3 nitrogen and oxygen atoms in total. The molecule has 66 valence electrons. The monoisotopic (exact) mass is 249 g/mol. The van der Waals surface area contributed by atoms with E-state index in [1.807, 2.05) is 6.92 Å². The highest BCUT2D eigenvalue weighted by Gasteiger charge is 2.10. The van der Waals surface area contributed by atoms with Gasteiger partial charge < -0.3 is 0 Å². The minimum Gasteiger partial charge on any atom is -0.206 e. The van der Waals surface area contributed by atoms with E-state index in [0.29, 0.717) is 0 Å². The molecule has 0 bridgehead atoms. The van der Waals surface area contributed by atoms with E-state index >= 15 is 0 Å². The number of halogens is 1. The zero-order valence-corrected chi connectivity index (χ0v) is 8.81. The lowest BCUT2D eigenvalue weighted by Gasteiger charge is -2.00. The van der Waals surface area contributed by atoms with E-state index in [1.165, 1.54) is 0 Å². The zero-order valence-electron chi connectivity index (χ0n) is 6.41. The number of sulfonamides is 1. The summed E-state index contributed by atoms with van der Waals surface area (Å²) in [7, 11) is -3.35. The molecular formula is C7H8BrNO2S. The first-order valence-electron chi connectivity index (χ1n) is 3.25. The largest absolute Gasteiger partial charge is 0.250 e. The van der Waals surface area contributed by atoms with Crippen LogP contribution in [0.15, 0.2) is 29.2 Å². The molecule has 5 heteroatoms. The minimum absolute atomic E-state index is 0.255. The van der Waals surface area contributed by atoms with Gasteiger partial charge in [0.1, 0.15) is 0 Å². The molecule has 0 atom stereocenters. The molecule has 0 radical (unpaired) electrons. The number of rotatable bonds is 2. The van der Waals surface area contributed by atoms with Crippen molar-refractivity contribution in [2.45, 2.75) is 11.8 Å². The topological polar surface area (TPSA) is 46.2 Å². The van der Waals surface area contributed by atoms with E-state index in [4.69, 9.17) is 0 Å². The SMILES string of the molecule is Cc1ccc(S(=O)(=O)NBr)cc1. The Labute approximate surface area is 80.2 Å². The van der Waals surface area contributed by atoms with Crippen LogP contribution < -0.4 is 3.75 Å². The summed E-state index contributed by atoms with van der Waals surface area (Å²) >= 11 is 2.69. The van der Waals surface area contributed by atoms with Crippen LogP contribution in [0.4, 0.5) is 0 Å². The van der Waals surface area contributed by atoms with Gasteiger partial charge in [-0.15, -0.1) is 3.75 Å². The summed E-state index contributed by atoms with van der Waals surface area (Å²) in [6, 6.07) is 6.60. The Morgan fingerprint density at radius 1 is 1.25 bits per heavy atom. The highest BCUT2D eigenvalue weighted by Crippen LogP contribution is 2.10. The molecule has 1 aromatic rings.